The van der Waals surface area contributed by atoms with Gasteiger partial charge in [-0.1, -0.05) is 40.5 Å². The number of nitrogens with two attached hydrogens (primary N) is 1. The van der Waals surface area contributed by atoms with E-state index in [1.165, 1.54) is 37.2 Å². The maximum absolute atomic E-state index is 6.40. The minimum atomic E-state index is 0.448. The Kier molecular flexibility index (Phi) is 4.54. The fourth-order valence-corrected chi connectivity index (χ4v) is 3.38. The number of hydrogen-bond acceptors (Lipinski definition) is 2. The highest BCUT2D eigenvalue weighted by molar-refractivity contribution is 5.41. The van der Waals surface area contributed by atoms with E-state index in [4.69, 9.17) is 10.7 Å². The molecule has 3 nitrogen and oxygen atoms in total. The Morgan fingerprint density at radius 3 is 2.68 bits per heavy atom. The van der Waals surface area contributed by atoms with Gasteiger partial charge in [0, 0.05) is 18.4 Å². The highest BCUT2D eigenvalue weighted by atomic mass is 15.1. The van der Waals surface area contributed by atoms with Crippen LogP contribution < -0.4 is 5.73 Å². The second-order valence-electron chi connectivity index (χ2n) is 6.52. The SMILES string of the molecule is CCCn1c(C(C)C)nc(C2CCCC(C)C2)c1N. The summed E-state index contributed by atoms with van der Waals surface area (Å²) in [6.07, 6.45) is 6.31. The summed E-state index contributed by atoms with van der Waals surface area (Å²) in [5.41, 5.74) is 7.59. The predicted molar refractivity (Wildman–Crippen MR) is 81.4 cm³/mol. The van der Waals surface area contributed by atoms with E-state index < -0.39 is 0 Å². The molecule has 1 fully saturated rings. The molecule has 19 heavy (non-hydrogen) atoms. The zero-order valence-corrected chi connectivity index (χ0v) is 12.9. The Labute approximate surface area is 117 Å². The largest absolute Gasteiger partial charge is 0.384 e. The van der Waals surface area contributed by atoms with E-state index in [1.54, 1.807) is 0 Å². The van der Waals surface area contributed by atoms with Crippen LogP contribution in [0.3, 0.4) is 0 Å². The Morgan fingerprint density at radius 1 is 1.37 bits per heavy atom. The smallest absolute Gasteiger partial charge is 0.127 e. The average Bonchev–Trinajstić information content (AvgIpc) is 2.68. The van der Waals surface area contributed by atoms with Gasteiger partial charge < -0.3 is 10.3 Å². The molecule has 0 saturated heterocycles. The molecule has 2 unspecified atom stereocenters. The number of rotatable bonds is 4. The van der Waals surface area contributed by atoms with Crippen LogP contribution in [0.2, 0.25) is 0 Å². The molecule has 1 saturated carbocycles. The molecule has 1 aromatic rings. The van der Waals surface area contributed by atoms with Gasteiger partial charge in [0.15, 0.2) is 0 Å². The summed E-state index contributed by atoms with van der Waals surface area (Å²) in [5.74, 6) is 3.96. The summed E-state index contributed by atoms with van der Waals surface area (Å²) >= 11 is 0. The molecule has 0 aromatic carbocycles. The van der Waals surface area contributed by atoms with Gasteiger partial charge in [-0.3, -0.25) is 0 Å². The van der Waals surface area contributed by atoms with Gasteiger partial charge in [-0.2, -0.15) is 0 Å². The van der Waals surface area contributed by atoms with Crippen LogP contribution in [0, 0.1) is 5.92 Å². The first-order chi connectivity index (χ1) is 9.04. The molecule has 0 radical (unpaired) electrons. The highest BCUT2D eigenvalue weighted by Gasteiger charge is 2.27. The van der Waals surface area contributed by atoms with Gasteiger partial charge in [0.05, 0.1) is 5.69 Å². The molecule has 0 spiro atoms. The van der Waals surface area contributed by atoms with E-state index in [-0.39, 0.29) is 0 Å². The van der Waals surface area contributed by atoms with Crippen molar-refractivity contribution in [2.75, 3.05) is 5.73 Å². The third kappa shape index (κ3) is 2.96. The summed E-state index contributed by atoms with van der Waals surface area (Å²) in [6, 6.07) is 0. The first-order valence-electron chi connectivity index (χ1n) is 7.90. The molecule has 0 bridgehead atoms. The lowest BCUT2D eigenvalue weighted by Gasteiger charge is -2.25. The van der Waals surface area contributed by atoms with Crippen molar-refractivity contribution in [3.05, 3.63) is 11.5 Å². The number of nitrogen functional groups attached to an aromatic ring is 1. The molecule has 2 N–H and O–H groups in total. The summed E-state index contributed by atoms with van der Waals surface area (Å²) in [6.45, 7) is 9.97. The van der Waals surface area contributed by atoms with Gasteiger partial charge in [0.25, 0.3) is 0 Å². The molecule has 108 valence electrons. The van der Waals surface area contributed by atoms with E-state index in [0.29, 0.717) is 11.8 Å². The third-order valence-electron chi connectivity index (χ3n) is 4.35. The lowest BCUT2D eigenvalue weighted by molar-refractivity contribution is 0.341. The molecule has 1 aromatic heterocycles. The summed E-state index contributed by atoms with van der Waals surface area (Å²) < 4.78 is 2.25. The van der Waals surface area contributed by atoms with E-state index in [0.717, 1.165) is 24.7 Å². The van der Waals surface area contributed by atoms with Crippen LogP contribution in [0.4, 0.5) is 5.82 Å². The zero-order valence-electron chi connectivity index (χ0n) is 12.9. The quantitative estimate of drug-likeness (QED) is 0.880. The van der Waals surface area contributed by atoms with Gasteiger partial charge in [-0.05, 0) is 25.2 Å². The molecule has 3 heteroatoms. The minimum absolute atomic E-state index is 0.448. The van der Waals surface area contributed by atoms with E-state index >= 15 is 0 Å². The van der Waals surface area contributed by atoms with Crippen molar-refractivity contribution < 1.29 is 0 Å². The second kappa shape index (κ2) is 5.98. The van der Waals surface area contributed by atoms with Crippen molar-refractivity contribution in [2.24, 2.45) is 5.92 Å². The van der Waals surface area contributed by atoms with Crippen molar-refractivity contribution in [3.63, 3.8) is 0 Å². The molecule has 0 aliphatic heterocycles. The monoisotopic (exact) mass is 263 g/mol. The number of anilines is 1. The topological polar surface area (TPSA) is 43.8 Å². The molecule has 1 heterocycles. The van der Waals surface area contributed by atoms with Crippen molar-refractivity contribution in [2.45, 2.75) is 78.2 Å². The Hall–Kier alpha value is -0.990. The fourth-order valence-electron chi connectivity index (χ4n) is 3.38. The third-order valence-corrected chi connectivity index (χ3v) is 4.35. The lowest BCUT2D eigenvalue weighted by Crippen LogP contribution is -2.14. The van der Waals surface area contributed by atoms with Gasteiger partial charge >= 0.3 is 0 Å². The predicted octanol–water partition coefficient (Wildman–Crippen LogP) is 4.29. The fraction of sp³-hybridized carbons (Fsp3) is 0.812. The van der Waals surface area contributed by atoms with E-state index in [1.807, 2.05) is 0 Å². The van der Waals surface area contributed by atoms with Crippen molar-refractivity contribution in [3.8, 4) is 0 Å². The van der Waals surface area contributed by atoms with Crippen LogP contribution in [0.5, 0.6) is 0 Å². The zero-order chi connectivity index (χ0) is 14.0. The van der Waals surface area contributed by atoms with Crippen molar-refractivity contribution in [1.82, 2.24) is 9.55 Å². The van der Waals surface area contributed by atoms with Gasteiger partial charge in [0.2, 0.25) is 0 Å². The van der Waals surface area contributed by atoms with E-state index in [2.05, 4.69) is 32.3 Å². The number of aromatic nitrogens is 2. The summed E-state index contributed by atoms with van der Waals surface area (Å²) in [4.78, 5) is 4.92. The summed E-state index contributed by atoms with van der Waals surface area (Å²) in [7, 11) is 0. The number of imidazole rings is 1. The molecule has 2 rings (SSSR count). The molecule has 0 amide bonds. The van der Waals surface area contributed by atoms with Crippen molar-refractivity contribution in [1.29, 1.82) is 0 Å². The Balaban J connectivity index is 2.32. The second-order valence-corrected chi connectivity index (χ2v) is 6.52. The first-order valence-corrected chi connectivity index (χ1v) is 7.90. The average molecular weight is 263 g/mol. The first kappa shape index (κ1) is 14.4. The molecule has 1 aliphatic carbocycles. The molecule has 1 aliphatic rings. The molecule has 2 atom stereocenters. The van der Waals surface area contributed by atoms with Crippen LogP contribution in [-0.2, 0) is 6.54 Å². The Morgan fingerprint density at radius 2 is 2.11 bits per heavy atom. The minimum Gasteiger partial charge on any atom is -0.384 e. The van der Waals surface area contributed by atoms with Crippen LogP contribution >= 0.6 is 0 Å². The van der Waals surface area contributed by atoms with Crippen LogP contribution in [-0.4, -0.2) is 9.55 Å². The maximum Gasteiger partial charge on any atom is 0.127 e. The number of hydrogen-bond donors (Lipinski definition) is 1. The Bertz CT molecular complexity index is 420. The van der Waals surface area contributed by atoms with E-state index in [9.17, 15) is 0 Å². The normalized spacial score (nSPS) is 24.1. The van der Waals surface area contributed by atoms with Gasteiger partial charge in [0.1, 0.15) is 11.6 Å². The van der Waals surface area contributed by atoms with Gasteiger partial charge in [-0.25, -0.2) is 4.98 Å². The van der Waals surface area contributed by atoms with Crippen LogP contribution in [0.1, 0.15) is 83.2 Å². The standard InChI is InChI=1S/C16H29N3/c1-5-9-19-15(17)14(18-16(19)11(2)3)13-8-6-7-12(4)10-13/h11-13H,5-10,17H2,1-4H3. The molecular formula is C16H29N3. The summed E-state index contributed by atoms with van der Waals surface area (Å²) in [5, 5.41) is 0. The highest BCUT2D eigenvalue weighted by Crippen LogP contribution is 2.38. The molecular weight excluding hydrogens is 234 g/mol. The van der Waals surface area contributed by atoms with Crippen molar-refractivity contribution >= 4 is 5.82 Å². The van der Waals surface area contributed by atoms with Crippen LogP contribution in [0.15, 0.2) is 0 Å². The van der Waals surface area contributed by atoms with Gasteiger partial charge in [-0.15, -0.1) is 0 Å². The number of nitrogens with zero attached hydrogens (tertiary/aromatic N) is 2. The lowest BCUT2D eigenvalue weighted by atomic mass is 9.81. The maximum atomic E-state index is 6.40. The van der Waals surface area contributed by atoms with Crippen LogP contribution in [0.25, 0.3) is 0 Å².